The minimum atomic E-state index is -0.161. The van der Waals surface area contributed by atoms with Crippen molar-refractivity contribution in [2.24, 2.45) is 5.92 Å². The van der Waals surface area contributed by atoms with Crippen molar-refractivity contribution in [3.63, 3.8) is 0 Å². The van der Waals surface area contributed by atoms with E-state index >= 15 is 0 Å². The average Bonchev–Trinajstić information content (AvgIpc) is 2.86. The molecule has 2 rings (SSSR count). The van der Waals surface area contributed by atoms with E-state index in [1.807, 2.05) is 0 Å². The second-order valence-corrected chi connectivity index (χ2v) is 5.14. The molecule has 0 radical (unpaired) electrons. The van der Waals surface area contributed by atoms with Crippen molar-refractivity contribution >= 4 is 17.5 Å². The number of piperidine rings is 1. The number of nitrogens with one attached hydrogen (secondary N) is 3. The Kier molecular flexibility index (Phi) is 4.73. The number of anilines is 1. The first-order chi connectivity index (χ1) is 9.60. The molecule has 1 saturated heterocycles. The Morgan fingerprint density at radius 2 is 2.35 bits per heavy atom. The van der Waals surface area contributed by atoms with Gasteiger partial charge in [-0.2, -0.15) is 5.10 Å². The Bertz CT molecular complexity index is 485. The molecule has 7 heteroatoms. The molecule has 1 fully saturated rings. The van der Waals surface area contributed by atoms with Gasteiger partial charge in [0.2, 0.25) is 11.8 Å². The van der Waals surface area contributed by atoms with E-state index < -0.39 is 0 Å². The summed E-state index contributed by atoms with van der Waals surface area (Å²) in [6, 6.07) is -0.161. The molecule has 110 valence electrons. The highest BCUT2D eigenvalue weighted by molar-refractivity contribution is 5.94. The number of hydrogen-bond acceptors (Lipinski definition) is 4. The topological polar surface area (TPSA) is 88.0 Å². The number of carbonyl (C=O) groups excluding carboxylic acids is 2. The Morgan fingerprint density at radius 3 is 3.05 bits per heavy atom. The summed E-state index contributed by atoms with van der Waals surface area (Å²) in [5.74, 6) is 0.148. The fourth-order valence-corrected chi connectivity index (χ4v) is 2.36. The summed E-state index contributed by atoms with van der Waals surface area (Å²) in [7, 11) is 1.57. The summed E-state index contributed by atoms with van der Waals surface area (Å²) >= 11 is 0. The van der Waals surface area contributed by atoms with Gasteiger partial charge in [0, 0.05) is 13.2 Å². The Labute approximate surface area is 118 Å². The number of hydrogen-bond donors (Lipinski definition) is 3. The van der Waals surface area contributed by atoms with E-state index in [9.17, 15) is 9.59 Å². The first kappa shape index (κ1) is 14.5. The summed E-state index contributed by atoms with van der Waals surface area (Å²) in [6.45, 7) is 3.09. The number of likely N-dealkylation sites (N-methyl/N-ethyl adjacent to an activating group) is 1. The highest BCUT2D eigenvalue weighted by Crippen LogP contribution is 2.17. The molecular weight excluding hydrogens is 258 g/mol. The molecule has 0 saturated carbocycles. The third-order valence-electron chi connectivity index (χ3n) is 3.54. The van der Waals surface area contributed by atoms with E-state index in [1.54, 1.807) is 19.4 Å². The van der Waals surface area contributed by atoms with Gasteiger partial charge in [-0.1, -0.05) is 6.92 Å². The van der Waals surface area contributed by atoms with E-state index in [1.165, 1.54) is 4.68 Å². The highest BCUT2D eigenvalue weighted by atomic mass is 16.2. The molecule has 2 unspecified atom stereocenters. The van der Waals surface area contributed by atoms with Crippen LogP contribution in [-0.4, -0.2) is 41.2 Å². The molecule has 0 aliphatic carbocycles. The van der Waals surface area contributed by atoms with E-state index in [4.69, 9.17) is 0 Å². The third-order valence-corrected chi connectivity index (χ3v) is 3.54. The molecule has 2 heterocycles. The monoisotopic (exact) mass is 279 g/mol. The summed E-state index contributed by atoms with van der Waals surface area (Å²) < 4.78 is 1.49. The summed E-state index contributed by atoms with van der Waals surface area (Å²) in [5, 5.41) is 12.6. The molecule has 1 aliphatic heterocycles. The van der Waals surface area contributed by atoms with Crippen LogP contribution >= 0.6 is 0 Å². The molecule has 1 aromatic heterocycles. The molecule has 1 aromatic rings. The van der Waals surface area contributed by atoms with Crippen molar-refractivity contribution in [3.8, 4) is 0 Å². The SMILES string of the molecule is CNC(=O)Cn1cc(NC(=O)C2NCCCC2C)cn1. The Morgan fingerprint density at radius 1 is 1.55 bits per heavy atom. The second-order valence-electron chi connectivity index (χ2n) is 5.14. The van der Waals surface area contributed by atoms with Crippen LogP contribution in [0.15, 0.2) is 12.4 Å². The number of aromatic nitrogens is 2. The van der Waals surface area contributed by atoms with Crippen LogP contribution in [0.5, 0.6) is 0 Å². The smallest absolute Gasteiger partial charge is 0.241 e. The maximum absolute atomic E-state index is 12.2. The minimum Gasteiger partial charge on any atom is -0.358 e. The summed E-state index contributed by atoms with van der Waals surface area (Å²) in [5.41, 5.74) is 0.610. The van der Waals surface area contributed by atoms with E-state index in [0.29, 0.717) is 11.6 Å². The van der Waals surface area contributed by atoms with Crippen molar-refractivity contribution < 1.29 is 9.59 Å². The average molecular weight is 279 g/mol. The third kappa shape index (κ3) is 3.57. The largest absolute Gasteiger partial charge is 0.358 e. The van der Waals surface area contributed by atoms with E-state index in [2.05, 4.69) is 28.0 Å². The van der Waals surface area contributed by atoms with Gasteiger partial charge in [-0.3, -0.25) is 14.3 Å². The molecule has 1 aliphatic rings. The quantitative estimate of drug-likeness (QED) is 0.721. The summed E-state index contributed by atoms with van der Waals surface area (Å²) in [6.07, 6.45) is 5.37. The highest BCUT2D eigenvalue weighted by Gasteiger charge is 2.27. The summed E-state index contributed by atoms with van der Waals surface area (Å²) in [4.78, 5) is 23.4. The lowest BCUT2D eigenvalue weighted by Gasteiger charge is -2.28. The second kappa shape index (κ2) is 6.51. The molecule has 7 nitrogen and oxygen atoms in total. The van der Waals surface area contributed by atoms with Crippen molar-refractivity contribution in [2.75, 3.05) is 18.9 Å². The van der Waals surface area contributed by atoms with Gasteiger partial charge in [0.25, 0.3) is 0 Å². The van der Waals surface area contributed by atoms with Crippen LogP contribution in [0.1, 0.15) is 19.8 Å². The van der Waals surface area contributed by atoms with Crippen LogP contribution in [0, 0.1) is 5.92 Å². The first-order valence-corrected chi connectivity index (χ1v) is 6.87. The molecule has 20 heavy (non-hydrogen) atoms. The van der Waals surface area contributed by atoms with Crippen molar-refractivity contribution in [1.29, 1.82) is 0 Å². The number of nitrogens with zero attached hydrogens (tertiary/aromatic N) is 2. The van der Waals surface area contributed by atoms with Gasteiger partial charge in [0.05, 0.1) is 17.9 Å². The zero-order chi connectivity index (χ0) is 14.5. The van der Waals surface area contributed by atoms with E-state index in [0.717, 1.165) is 19.4 Å². The molecule has 0 aromatic carbocycles. The maximum Gasteiger partial charge on any atom is 0.241 e. The first-order valence-electron chi connectivity index (χ1n) is 6.87. The minimum absolute atomic E-state index is 0.0447. The maximum atomic E-state index is 12.2. The Balaban J connectivity index is 1.92. The van der Waals surface area contributed by atoms with Gasteiger partial charge in [-0.15, -0.1) is 0 Å². The Hall–Kier alpha value is -1.89. The van der Waals surface area contributed by atoms with Gasteiger partial charge in [-0.05, 0) is 25.3 Å². The van der Waals surface area contributed by atoms with Crippen molar-refractivity contribution in [2.45, 2.75) is 32.4 Å². The van der Waals surface area contributed by atoms with Gasteiger partial charge in [0.1, 0.15) is 6.54 Å². The molecule has 2 amide bonds. The fraction of sp³-hybridized carbons (Fsp3) is 0.615. The fourth-order valence-electron chi connectivity index (χ4n) is 2.36. The number of carbonyl (C=O) groups is 2. The normalized spacial score (nSPS) is 22.3. The predicted octanol–water partition coefficient (Wildman–Crippen LogP) is -0.0443. The zero-order valence-electron chi connectivity index (χ0n) is 11.8. The number of rotatable bonds is 4. The lowest BCUT2D eigenvalue weighted by Crippen LogP contribution is -2.48. The molecule has 0 bridgehead atoms. The van der Waals surface area contributed by atoms with Crippen molar-refractivity contribution in [1.82, 2.24) is 20.4 Å². The number of amides is 2. The molecule has 0 spiro atoms. The van der Waals surface area contributed by atoms with Gasteiger partial charge in [0.15, 0.2) is 0 Å². The van der Waals surface area contributed by atoms with Crippen LogP contribution in [0.2, 0.25) is 0 Å². The van der Waals surface area contributed by atoms with Crippen molar-refractivity contribution in [3.05, 3.63) is 12.4 Å². The van der Waals surface area contributed by atoms with Crippen LogP contribution < -0.4 is 16.0 Å². The van der Waals surface area contributed by atoms with Crippen LogP contribution in [0.3, 0.4) is 0 Å². The zero-order valence-corrected chi connectivity index (χ0v) is 11.8. The van der Waals surface area contributed by atoms with Crippen LogP contribution in [0.25, 0.3) is 0 Å². The lowest BCUT2D eigenvalue weighted by atomic mass is 9.92. The van der Waals surface area contributed by atoms with E-state index in [-0.39, 0.29) is 24.4 Å². The molecular formula is C13H21N5O2. The van der Waals surface area contributed by atoms with Gasteiger partial charge in [-0.25, -0.2) is 0 Å². The lowest BCUT2D eigenvalue weighted by molar-refractivity contribution is -0.121. The molecule has 2 atom stereocenters. The standard InChI is InChI=1S/C13H21N5O2/c1-9-4-3-5-15-12(9)13(20)17-10-6-16-18(7-10)8-11(19)14-2/h6-7,9,12,15H,3-5,8H2,1-2H3,(H,14,19)(H,17,20). The molecule has 3 N–H and O–H groups in total. The predicted molar refractivity (Wildman–Crippen MR) is 75.1 cm³/mol. The van der Waals surface area contributed by atoms with Crippen LogP contribution in [0.4, 0.5) is 5.69 Å². The van der Waals surface area contributed by atoms with Gasteiger partial charge < -0.3 is 16.0 Å². The van der Waals surface area contributed by atoms with Crippen LogP contribution in [-0.2, 0) is 16.1 Å². The van der Waals surface area contributed by atoms with Gasteiger partial charge >= 0.3 is 0 Å².